The lowest BCUT2D eigenvalue weighted by molar-refractivity contribution is -0.136. The Hall–Kier alpha value is -1.88. The first-order valence-electron chi connectivity index (χ1n) is 11.3. The van der Waals surface area contributed by atoms with E-state index in [1.165, 1.54) is 19.3 Å². The molecule has 1 saturated heterocycles. The fraction of sp³-hybridized carbons (Fsp3) is 0.667. The number of likely N-dealkylation sites (tertiary alicyclic amines) is 1. The quantitative estimate of drug-likeness (QED) is 0.573. The maximum atomic E-state index is 13.0. The number of nitrogens with zero attached hydrogens (tertiary/aromatic N) is 2. The molecule has 1 fully saturated rings. The Morgan fingerprint density at radius 2 is 1.93 bits per heavy atom. The molecule has 2 rings (SSSR count). The molecular weight excluding hydrogens is 362 g/mol. The lowest BCUT2D eigenvalue weighted by atomic mass is 9.97. The minimum Gasteiger partial charge on any atom is -0.356 e. The SMILES string of the molecule is CCCCCCNC(=O)C1CCCN(CC(=O)N(Cc2ccccc2)C(C)C)C1. The smallest absolute Gasteiger partial charge is 0.237 e. The number of unbranched alkanes of at least 4 members (excludes halogenated alkanes) is 3. The Morgan fingerprint density at radius 3 is 2.62 bits per heavy atom. The predicted octanol–water partition coefficient (Wildman–Crippen LogP) is 3.83. The van der Waals surface area contributed by atoms with E-state index in [9.17, 15) is 9.59 Å². The van der Waals surface area contributed by atoms with Gasteiger partial charge in [-0.25, -0.2) is 0 Å². The number of amides is 2. The van der Waals surface area contributed by atoms with Gasteiger partial charge in [0.2, 0.25) is 11.8 Å². The van der Waals surface area contributed by atoms with Gasteiger partial charge in [-0.15, -0.1) is 0 Å². The Kier molecular flexibility index (Phi) is 10.2. The molecule has 1 N–H and O–H groups in total. The minimum atomic E-state index is 0.00403. The first-order valence-corrected chi connectivity index (χ1v) is 11.3. The summed E-state index contributed by atoms with van der Waals surface area (Å²) in [4.78, 5) is 29.6. The Labute approximate surface area is 176 Å². The van der Waals surface area contributed by atoms with E-state index >= 15 is 0 Å². The van der Waals surface area contributed by atoms with E-state index in [0.29, 0.717) is 19.6 Å². The first-order chi connectivity index (χ1) is 14.0. The molecule has 5 nitrogen and oxygen atoms in total. The summed E-state index contributed by atoms with van der Waals surface area (Å²) >= 11 is 0. The summed E-state index contributed by atoms with van der Waals surface area (Å²) in [5, 5.41) is 3.10. The van der Waals surface area contributed by atoms with Crippen LogP contribution in [0.4, 0.5) is 0 Å². The number of hydrogen-bond acceptors (Lipinski definition) is 3. The average Bonchev–Trinajstić information content (AvgIpc) is 2.72. The van der Waals surface area contributed by atoms with Crippen molar-refractivity contribution in [3.8, 4) is 0 Å². The van der Waals surface area contributed by atoms with Crippen molar-refractivity contribution >= 4 is 11.8 Å². The molecule has 5 heteroatoms. The van der Waals surface area contributed by atoms with Crippen molar-refractivity contribution in [3.05, 3.63) is 35.9 Å². The largest absolute Gasteiger partial charge is 0.356 e. The zero-order valence-corrected chi connectivity index (χ0v) is 18.5. The lowest BCUT2D eigenvalue weighted by Crippen LogP contribution is -2.48. The third kappa shape index (κ3) is 8.17. The van der Waals surface area contributed by atoms with Crippen LogP contribution in [0.5, 0.6) is 0 Å². The van der Waals surface area contributed by atoms with Crippen molar-refractivity contribution in [1.82, 2.24) is 15.1 Å². The Balaban J connectivity index is 1.83. The van der Waals surface area contributed by atoms with Crippen LogP contribution in [0.3, 0.4) is 0 Å². The minimum absolute atomic E-state index is 0.00403. The number of benzene rings is 1. The van der Waals surface area contributed by atoms with Crippen molar-refractivity contribution in [2.75, 3.05) is 26.2 Å². The van der Waals surface area contributed by atoms with Crippen LogP contribution in [0.1, 0.15) is 64.9 Å². The molecule has 1 aliphatic rings. The second kappa shape index (κ2) is 12.6. The first kappa shape index (κ1) is 23.4. The third-order valence-corrected chi connectivity index (χ3v) is 5.70. The van der Waals surface area contributed by atoms with Gasteiger partial charge in [0.25, 0.3) is 0 Å². The lowest BCUT2D eigenvalue weighted by Gasteiger charge is -2.34. The van der Waals surface area contributed by atoms with Crippen LogP contribution in [0.25, 0.3) is 0 Å². The fourth-order valence-electron chi connectivity index (χ4n) is 3.94. The van der Waals surface area contributed by atoms with Crippen LogP contribution < -0.4 is 5.32 Å². The zero-order chi connectivity index (χ0) is 21.1. The zero-order valence-electron chi connectivity index (χ0n) is 18.5. The van der Waals surface area contributed by atoms with Gasteiger partial charge in [0, 0.05) is 25.7 Å². The van der Waals surface area contributed by atoms with Crippen molar-refractivity contribution in [3.63, 3.8) is 0 Å². The molecule has 0 spiro atoms. The average molecular weight is 402 g/mol. The molecule has 0 aromatic heterocycles. The van der Waals surface area contributed by atoms with Gasteiger partial charge in [0.1, 0.15) is 0 Å². The highest BCUT2D eigenvalue weighted by Gasteiger charge is 2.28. The number of carbonyl (C=O) groups excluding carboxylic acids is 2. The monoisotopic (exact) mass is 401 g/mol. The Bertz CT molecular complexity index is 618. The highest BCUT2D eigenvalue weighted by atomic mass is 16.2. The molecule has 1 atom stereocenters. The Morgan fingerprint density at radius 1 is 1.17 bits per heavy atom. The molecule has 162 valence electrons. The van der Waals surface area contributed by atoms with Crippen LogP contribution >= 0.6 is 0 Å². The van der Waals surface area contributed by atoms with Gasteiger partial charge < -0.3 is 10.2 Å². The number of rotatable bonds is 11. The van der Waals surface area contributed by atoms with Crippen LogP contribution in [0, 0.1) is 5.92 Å². The predicted molar refractivity (Wildman–Crippen MR) is 118 cm³/mol. The summed E-state index contributed by atoms with van der Waals surface area (Å²) in [5.74, 6) is 0.303. The van der Waals surface area contributed by atoms with E-state index in [0.717, 1.165) is 37.9 Å². The van der Waals surface area contributed by atoms with E-state index in [1.54, 1.807) is 0 Å². The highest BCUT2D eigenvalue weighted by Crippen LogP contribution is 2.18. The standard InChI is InChI=1S/C24H39N3O2/c1-4-5-6-10-15-25-24(29)22-14-11-16-26(18-22)19-23(28)27(20(2)3)17-21-12-8-7-9-13-21/h7-9,12-13,20,22H,4-6,10-11,14-19H2,1-3H3,(H,25,29). The number of nitrogens with one attached hydrogen (secondary N) is 1. The third-order valence-electron chi connectivity index (χ3n) is 5.70. The van der Waals surface area contributed by atoms with E-state index in [1.807, 2.05) is 23.1 Å². The molecule has 0 bridgehead atoms. The molecule has 0 aliphatic carbocycles. The molecular formula is C24H39N3O2. The molecule has 1 unspecified atom stereocenters. The van der Waals surface area contributed by atoms with Gasteiger partial charge in [-0.3, -0.25) is 14.5 Å². The van der Waals surface area contributed by atoms with Crippen molar-refractivity contribution in [1.29, 1.82) is 0 Å². The molecule has 1 aromatic carbocycles. The number of piperidine rings is 1. The maximum Gasteiger partial charge on any atom is 0.237 e. The van der Waals surface area contributed by atoms with E-state index in [2.05, 4.69) is 43.1 Å². The van der Waals surface area contributed by atoms with Crippen molar-refractivity contribution in [2.45, 2.75) is 71.9 Å². The molecule has 0 radical (unpaired) electrons. The van der Waals surface area contributed by atoms with Crippen LogP contribution in [-0.2, 0) is 16.1 Å². The van der Waals surface area contributed by atoms with Gasteiger partial charge in [-0.05, 0) is 45.2 Å². The summed E-state index contributed by atoms with van der Waals surface area (Å²) in [6.45, 7) is 9.69. The van der Waals surface area contributed by atoms with Crippen LogP contribution in [0.15, 0.2) is 30.3 Å². The van der Waals surface area contributed by atoms with Gasteiger partial charge >= 0.3 is 0 Å². The molecule has 1 aromatic rings. The molecule has 1 heterocycles. The van der Waals surface area contributed by atoms with Gasteiger partial charge in [-0.2, -0.15) is 0 Å². The van der Waals surface area contributed by atoms with Crippen LogP contribution in [-0.4, -0.2) is 53.8 Å². The summed E-state index contributed by atoms with van der Waals surface area (Å²) < 4.78 is 0. The van der Waals surface area contributed by atoms with Gasteiger partial charge in [0.05, 0.1) is 12.5 Å². The van der Waals surface area contributed by atoms with Crippen molar-refractivity contribution < 1.29 is 9.59 Å². The summed E-state index contributed by atoms with van der Waals surface area (Å²) in [5.41, 5.74) is 1.15. The van der Waals surface area contributed by atoms with Gasteiger partial charge in [0.15, 0.2) is 0 Å². The molecule has 29 heavy (non-hydrogen) atoms. The van der Waals surface area contributed by atoms with E-state index in [4.69, 9.17) is 0 Å². The molecule has 2 amide bonds. The summed E-state index contributed by atoms with van der Waals surface area (Å²) in [6, 6.07) is 10.3. The van der Waals surface area contributed by atoms with Gasteiger partial charge in [-0.1, -0.05) is 56.5 Å². The van der Waals surface area contributed by atoms with Crippen molar-refractivity contribution in [2.24, 2.45) is 5.92 Å². The topological polar surface area (TPSA) is 52.7 Å². The maximum absolute atomic E-state index is 13.0. The molecule has 0 saturated carbocycles. The second-order valence-electron chi connectivity index (χ2n) is 8.53. The van der Waals surface area contributed by atoms with Crippen LogP contribution in [0.2, 0.25) is 0 Å². The number of carbonyl (C=O) groups is 2. The van der Waals surface area contributed by atoms with E-state index < -0.39 is 0 Å². The second-order valence-corrected chi connectivity index (χ2v) is 8.53. The molecule has 1 aliphatic heterocycles. The van der Waals surface area contributed by atoms with E-state index in [-0.39, 0.29) is 23.8 Å². The summed E-state index contributed by atoms with van der Waals surface area (Å²) in [6.07, 6.45) is 6.55. The number of hydrogen-bond donors (Lipinski definition) is 1. The normalized spacial score (nSPS) is 17.3. The summed E-state index contributed by atoms with van der Waals surface area (Å²) in [7, 11) is 0. The fourth-order valence-corrected chi connectivity index (χ4v) is 3.94. The highest BCUT2D eigenvalue weighted by molar-refractivity contribution is 5.80.